The largest absolute Gasteiger partial charge is 0.494 e. The Labute approximate surface area is 116 Å². The summed E-state index contributed by atoms with van der Waals surface area (Å²) in [6, 6.07) is 7.01. The van der Waals surface area contributed by atoms with Crippen LogP contribution < -0.4 is 4.74 Å². The Morgan fingerprint density at radius 2 is 1.88 bits per heavy atom. The van der Waals surface area contributed by atoms with E-state index >= 15 is 0 Å². The molecule has 0 unspecified atom stereocenters. The highest BCUT2D eigenvalue weighted by atomic mass is 127. The fourth-order valence-electron chi connectivity index (χ4n) is 1.45. The molecule has 0 N–H and O–H groups in total. The first kappa shape index (κ1) is 14.3. The molecule has 1 rings (SSSR count). The van der Waals surface area contributed by atoms with Crippen molar-refractivity contribution in [3.8, 4) is 5.75 Å². The number of hydrogen-bond donors (Lipinski definition) is 0. The normalized spacial score (nSPS) is 10.0. The van der Waals surface area contributed by atoms with Gasteiger partial charge in [0.25, 0.3) is 0 Å². The summed E-state index contributed by atoms with van der Waals surface area (Å²) in [6.07, 6.45) is 4.76. The van der Waals surface area contributed by atoms with E-state index in [1.165, 1.54) is 19.3 Å². The first-order valence-electron chi connectivity index (χ1n) is 5.83. The van der Waals surface area contributed by atoms with E-state index in [4.69, 9.17) is 4.74 Å². The zero-order valence-electron chi connectivity index (χ0n) is 9.95. The number of hydrogen-bond acceptors (Lipinski definition) is 3. The van der Waals surface area contributed by atoms with Gasteiger partial charge < -0.3 is 7.80 Å². The van der Waals surface area contributed by atoms with Gasteiger partial charge in [-0.1, -0.05) is 26.2 Å². The van der Waals surface area contributed by atoms with Crippen LogP contribution in [-0.4, -0.2) is 12.6 Å². The minimum absolute atomic E-state index is 0.333. The van der Waals surface area contributed by atoms with Crippen LogP contribution in [0.15, 0.2) is 24.3 Å². The van der Waals surface area contributed by atoms with Crippen LogP contribution in [0.2, 0.25) is 0 Å². The van der Waals surface area contributed by atoms with Gasteiger partial charge in [0.05, 0.1) is 12.2 Å². The van der Waals surface area contributed by atoms with Gasteiger partial charge in [-0.3, -0.25) is 0 Å². The fraction of sp³-hybridized carbons (Fsp3) is 0.462. The molecule has 0 spiro atoms. The smallest absolute Gasteiger partial charge is 0.347 e. The van der Waals surface area contributed by atoms with Gasteiger partial charge in [-0.15, -0.1) is 0 Å². The second-order valence-electron chi connectivity index (χ2n) is 3.80. The summed E-state index contributed by atoms with van der Waals surface area (Å²) in [5, 5.41) is 0. The molecule has 3 nitrogen and oxygen atoms in total. The highest BCUT2D eigenvalue weighted by Crippen LogP contribution is 2.14. The van der Waals surface area contributed by atoms with E-state index < -0.39 is 0 Å². The molecule has 0 bridgehead atoms. The Bertz CT molecular complexity index is 335. The van der Waals surface area contributed by atoms with Crippen molar-refractivity contribution in [1.82, 2.24) is 0 Å². The van der Waals surface area contributed by atoms with Crippen molar-refractivity contribution in [1.29, 1.82) is 0 Å². The van der Waals surface area contributed by atoms with E-state index in [9.17, 15) is 4.79 Å². The molecule has 0 aliphatic heterocycles. The molecular formula is C13H17IO3. The third-order valence-corrected chi connectivity index (χ3v) is 2.83. The van der Waals surface area contributed by atoms with Gasteiger partial charge in [0.1, 0.15) is 5.75 Å². The van der Waals surface area contributed by atoms with Crippen LogP contribution in [0.3, 0.4) is 0 Å². The molecule has 0 aliphatic rings. The van der Waals surface area contributed by atoms with Crippen molar-refractivity contribution >= 4 is 29.0 Å². The number of carbonyl (C=O) groups is 1. The Morgan fingerprint density at radius 1 is 1.18 bits per heavy atom. The third kappa shape index (κ3) is 5.39. The highest BCUT2D eigenvalue weighted by molar-refractivity contribution is 14.1. The standard InChI is InChI=1S/C13H17IO3/c1-2-3-4-5-10-16-12-8-6-11(7-9-12)13(15)17-14/h6-9H,2-5,10H2,1H3. The summed E-state index contributed by atoms with van der Waals surface area (Å²) >= 11 is 1.58. The summed E-state index contributed by atoms with van der Waals surface area (Å²) in [5.41, 5.74) is 0.540. The Balaban J connectivity index is 2.33. The monoisotopic (exact) mass is 348 g/mol. The van der Waals surface area contributed by atoms with Crippen molar-refractivity contribution in [2.75, 3.05) is 6.61 Å². The van der Waals surface area contributed by atoms with Crippen molar-refractivity contribution < 1.29 is 12.6 Å². The fourth-order valence-corrected chi connectivity index (χ4v) is 1.70. The molecule has 0 aromatic heterocycles. The molecule has 0 aliphatic carbocycles. The van der Waals surface area contributed by atoms with Gasteiger partial charge in [0.15, 0.2) is 23.0 Å². The Morgan fingerprint density at radius 3 is 2.47 bits per heavy atom. The number of ether oxygens (including phenoxy) is 1. The SMILES string of the molecule is CCCCCCOc1ccc(C(=O)OI)cc1. The average molecular weight is 348 g/mol. The van der Waals surface area contributed by atoms with E-state index in [0.717, 1.165) is 18.8 Å². The van der Waals surface area contributed by atoms with Crippen molar-refractivity contribution in [2.45, 2.75) is 32.6 Å². The molecule has 0 radical (unpaired) electrons. The molecule has 0 heterocycles. The predicted molar refractivity (Wildman–Crippen MR) is 75.5 cm³/mol. The van der Waals surface area contributed by atoms with Gasteiger partial charge in [-0.25, -0.2) is 4.79 Å². The van der Waals surface area contributed by atoms with Crippen LogP contribution >= 0.6 is 23.0 Å². The number of benzene rings is 1. The van der Waals surface area contributed by atoms with Gasteiger partial charge in [-0.2, -0.15) is 0 Å². The number of rotatable bonds is 7. The summed E-state index contributed by atoms with van der Waals surface area (Å²) in [4.78, 5) is 11.2. The number of carbonyl (C=O) groups excluding carboxylic acids is 1. The summed E-state index contributed by atoms with van der Waals surface area (Å²) in [6.45, 7) is 2.92. The van der Waals surface area contributed by atoms with E-state index in [0.29, 0.717) is 5.56 Å². The second-order valence-corrected chi connectivity index (χ2v) is 4.24. The third-order valence-electron chi connectivity index (χ3n) is 2.43. The van der Waals surface area contributed by atoms with Crippen LogP contribution in [-0.2, 0) is 3.07 Å². The lowest BCUT2D eigenvalue weighted by molar-refractivity contribution is 0.0800. The van der Waals surface area contributed by atoms with Crippen LogP contribution in [0.5, 0.6) is 5.75 Å². The molecule has 94 valence electrons. The first-order chi connectivity index (χ1) is 8.27. The van der Waals surface area contributed by atoms with Crippen molar-refractivity contribution in [3.63, 3.8) is 0 Å². The van der Waals surface area contributed by atoms with E-state index in [1.54, 1.807) is 47.3 Å². The van der Waals surface area contributed by atoms with Crippen molar-refractivity contribution in [3.05, 3.63) is 29.8 Å². The van der Waals surface area contributed by atoms with Crippen LogP contribution in [0.4, 0.5) is 0 Å². The summed E-state index contributed by atoms with van der Waals surface area (Å²) in [5.74, 6) is 0.464. The summed E-state index contributed by atoms with van der Waals surface area (Å²) < 4.78 is 10.2. The lowest BCUT2D eigenvalue weighted by atomic mass is 10.2. The maximum atomic E-state index is 11.2. The molecule has 0 amide bonds. The summed E-state index contributed by atoms with van der Waals surface area (Å²) in [7, 11) is 0. The molecule has 1 aromatic rings. The lowest BCUT2D eigenvalue weighted by Crippen LogP contribution is -1.99. The first-order valence-corrected chi connectivity index (χ1v) is 6.71. The molecule has 4 heteroatoms. The maximum absolute atomic E-state index is 11.2. The predicted octanol–water partition coefficient (Wildman–Crippen LogP) is 4.15. The van der Waals surface area contributed by atoms with E-state index in [2.05, 4.69) is 9.99 Å². The van der Waals surface area contributed by atoms with Gasteiger partial charge in [0, 0.05) is 0 Å². The van der Waals surface area contributed by atoms with Gasteiger partial charge >= 0.3 is 5.97 Å². The Hall–Kier alpha value is -0.780. The molecule has 0 saturated heterocycles. The van der Waals surface area contributed by atoms with E-state index in [1.807, 2.05) is 0 Å². The van der Waals surface area contributed by atoms with Crippen LogP contribution in [0.25, 0.3) is 0 Å². The lowest BCUT2D eigenvalue weighted by Gasteiger charge is -2.06. The minimum Gasteiger partial charge on any atom is -0.494 e. The molecule has 1 aromatic carbocycles. The van der Waals surface area contributed by atoms with E-state index in [-0.39, 0.29) is 5.97 Å². The average Bonchev–Trinajstić information content (AvgIpc) is 2.38. The van der Waals surface area contributed by atoms with Crippen LogP contribution in [0.1, 0.15) is 43.0 Å². The topological polar surface area (TPSA) is 35.5 Å². The zero-order chi connectivity index (χ0) is 12.5. The molecule has 0 saturated carbocycles. The van der Waals surface area contributed by atoms with Crippen LogP contribution in [0, 0.1) is 0 Å². The quantitative estimate of drug-likeness (QED) is 0.549. The van der Waals surface area contributed by atoms with Gasteiger partial charge in [-0.05, 0) is 30.7 Å². The molecule has 17 heavy (non-hydrogen) atoms. The van der Waals surface area contributed by atoms with Gasteiger partial charge in [0.2, 0.25) is 0 Å². The maximum Gasteiger partial charge on any atom is 0.347 e. The Kier molecular flexibility index (Phi) is 7.00. The zero-order valence-corrected chi connectivity index (χ0v) is 12.1. The molecular weight excluding hydrogens is 331 g/mol. The second kappa shape index (κ2) is 8.33. The van der Waals surface area contributed by atoms with Crippen molar-refractivity contribution in [2.24, 2.45) is 0 Å². The highest BCUT2D eigenvalue weighted by Gasteiger charge is 2.05. The number of unbranched alkanes of at least 4 members (excludes halogenated alkanes) is 3. The molecule has 0 fully saturated rings. The number of halogens is 1. The molecule has 0 atom stereocenters. The minimum atomic E-state index is -0.333.